The zero-order valence-electron chi connectivity index (χ0n) is 16.9. The third-order valence-electron chi connectivity index (χ3n) is 4.96. The predicted octanol–water partition coefficient (Wildman–Crippen LogP) is 5.54. The molecule has 0 saturated carbocycles. The highest BCUT2D eigenvalue weighted by atomic mass is 16.5. The van der Waals surface area contributed by atoms with Crippen molar-refractivity contribution in [2.75, 3.05) is 0 Å². The molecule has 0 fully saturated rings. The van der Waals surface area contributed by atoms with Crippen LogP contribution in [-0.2, 0) is 17.6 Å². The molecule has 5 heteroatoms. The van der Waals surface area contributed by atoms with E-state index in [-0.39, 0.29) is 0 Å². The first kappa shape index (κ1) is 20.6. The summed E-state index contributed by atoms with van der Waals surface area (Å²) in [5, 5.41) is 13.6. The van der Waals surface area contributed by atoms with Crippen LogP contribution in [0.4, 0.5) is 0 Å². The van der Waals surface area contributed by atoms with Crippen molar-refractivity contribution < 1.29 is 19.2 Å². The van der Waals surface area contributed by atoms with E-state index in [0.717, 1.165) is 42.7 Å². The summed E-state index contributed by atoms with van der Waals surface area (Å²) in [5.74, 6) is 0.515. The van der Waals surface area contributed by atoms with E-state index in [1.165, 1.54) is 5.56 Å². The number of benzene rings is 2. The van der Waals surface area contributed by atoms with E-state index in [4.69, 9.17) is 9.26 Å². The lowest BCUT2D eigenvalue weighted by atomic mass is 10.0. The largest absolute Gasteiger partial charge is 0.478 e. The minimum Gasteiger partial charge on any atom is -0.478 e. The van der Waals surface area contributed by atoms with Gasteiger partial charge in [0, 0.05) is 18.1 Å². The van der Waals surface area contributed by atoms with Crippen molar-refractivity contribution in [1.82, 2.24) is 5.16 Å². The Morgan fingerprint density at radius 3 is 2.48 bits per heavy atom. The Hall–Kier alpha value is -3.08. The average molecular weight is 393 g/mol. The lowest BCUT2D eigenvalue weighted by molar-refractivity contribution is -0.154. The summed E-state index contributed by atoms with van der Waals surface area (Å²) in [4.78, 5) is 11.5. The monoisotopic (exact) mass is 393 g/mol. The molecule has 0 radical (unpaired) electrons. The molecule has 0 spiro atoms. The molecule has 29 heavy (non-hydrogen) atoms. The van der Waals surface area contributed by atoms with Crippen LogP contribution in [0.1, 0.15) is 44.4 Å². The fourth-order valence-corrected chi connectivity index (χ4v) is 3.31. The normalized spacial score (nSPS) is 13.0. The Labute approximate surface area is 171 Å². The van der Waals surface area contributed by atoms with Crippen LogP contribution in [0.5, 0.6) is 5.75 Å². The summed E-state index contributed by atoms with van der Waals surface area (Å²) < 4.78 is 11.2. The van der Waals surface area contributed by atoms with Crippen molar-refractivity contribution in [2.24, 2.45) is 0 Å². The van der Waals surface area contributed by atoms with Crippen molar-refractivity contribution in [3.8, 4) is 17.0 Å². The molecular weight excluding hydrogens is 366 g/mol. The van der Waals surface area contributed by atoms with Gasteiger partial charge in [0.2, 0.25) is 5.60 Å². The van der Waals surface area contributed by atoms with E-state index in [1.807, 2.05) is 67.6 Å². The van der Waals surface area contributed by atoms with Crippen LogP contribution in [0.15, 0.2) is 65.2 Å². The molecule has 2 aromatic carbocycles. The van der Waals surface area contributed by atoms with Gasteiger partial charge in [-0.3, -0.25) is 0 Å². The van der Waals surface area contributed by atoms with Crippen molar-refractivity contribution in [3.05, 3.63) is 72.0 Å². The first-order valence-corrected chi connectivity index (χ1v) is 10.0. The number of carboxylic acids is 1. The van der Waals surface area contributed by atoms with Gasteiger partial charge in [-0.05, 0) is 43.9 Å². The second kappa shape index (κ2) is 9.41. The number of aliphatic carboxylic acids is 1. The molecule has 3 rings (SSSR count). The second-order valence-corrected chi connectivity index (χ2v) is 7.43. The zero-order valence-corrected chi connectivity index (χ0v) is 16.9. The van der Waals surface area contributed by atoms with Gasteiger partial charge in [-0.2, -0.15) is 0 Å². The van der Waals surface area contributed by atoms with Crippen LogP contribution >= 0.6 is 0 Å². The topological polar surface area (TPSA) is 72.6 Å². The van der Waals surface area contributed by atoms with Gasteiger partial charge in [0.05, 0.1) is 0 Å². The van der Waals surface area contributed by atoms with Crippen molar-refractivity contribution in [2.45, 2.75) is 51.6 Å². The Morgan fingerprint density at radius 2 is 1.83 bits per heavy atom. The van der Waals surface area contributed by atoms with E-state index in [2.05, 4.69) is 5.16 Å². The van der Waals surface area contributed by atoms with E-state index in [1.54, 1.807) is 6.92 Å². The van der Waals surface area contributed by atoms with Crippen LogP contribution in [0.3, 0.4) is 0 Å². The molecule has 1 unspecified atom stereocenters. The number of carboxylic acid groups (broad SMARTS) is 1. The van der Waals surface area contributed by atoms with Crippen LogP contribution in [0.2, 0.25) is 0 Å². The second-order valence-electron chi connectivity index (χ2n) is 7.43. The number of carbonyl (C=O) groups is 1. The molecule has 1 atom stereocenters. The van der Waals surface area contributed by atoms with Crippen molar-refractivity contribution in [3.63, 3.8) is 0 Å². The molecule has 0 bridgehead atoms. The molecule has 1 aromatic heterocycles. The fourth-order valence-electron chi connectivity index (χ4n) is 3.31. The van der Waals surface area contributed by atoms with Gasteiger partial charge in [-0.15, -0.1) is 0 Å². The van der Waals surface area contributed by atoms with Gasteiger partial charge in [-0.1, -0.05) is 61.0 Å². The number of hydrogen-bond acceptors (Lipinski definition) is 4. The average Bonchev–Trinajstić information content (AvgIpc) is 3.19. The van der Waals surface area contributed by atoms with Crippen molar-refractivity contribution in [1.29, 1.82) is 0 Å². The van der Waals surface area contributed by atoms with Gasteiger partial charge >= 0.3 is 5.97 Å². The molecule has 152 valence electrons. The van der Waals surface area contributed by atoms with Gasteiger partial charge in [0.15, 0.2) is 0 Å². The number of ether oxygens (including phenoxy) is 1. The van der Waals surface area contributed by atoms with Gasteiger partial charge < -0.3 is 14.4 Å². The zero-order chi connectivity index (χ0) is 20.7. The number of rotatable bonds is 10. The third-order valence-corrected chi connectivity index (χ3v) is 4.96. The Kier molecular flexibility index (Phi) is 6.70. The minimum atomic E-state index is -1.20. The predicted molar refractivity (Wildman–Crippen MR) is 112 cm³/mol. The maximum Gasteiger partial charge on any atom is 0.347 e. The third kappa shape index (κ3) is 5.47. The molecule has 1 heterocycles. The minimum absolute atomic E-state index is 0.465. The van der Waals surface area contributed by atoms with E-state index < -0.39 is 11.6 Å². The standard InChI is InChI=1S/C24H27NO4/c1-3-16-24(2,23(26)27)28-20-14-12-18(13-15-20)8-7-11-21-17-22(25-29-21)19-9-5-4-6-10-19/h4-6,9-10,12-15,17H,3,7-8,11,16H2,1-2H3,(H,26,27). The summed E-state index contributed by atoms with van der Waals surface area (Å²) in [6.45, 7) is 3.57. The Bertz CT molecular complexity index is 918. The van der Waals surface area contributed by atoms with E-state index in [9.17, 15) is 9.90 Å². The highest BCUT2D eigenvalue weighted by Crippen LogP contribution is 2.24. The van der Waals surface area contributed by atoms with Gasteiger partial charge in [0.1, 0.15) is 17.2 Å². The Morgan fingerprint density at radius 1 is 1.10 bits per heavy atom. The molecule has 0 amide bonds. The highest BCUT2D eigenvalue weighted by Gasteiger charge is 2.34. The molecular formula is C24H27NO4. The lowest BCUT2D eigenvalue weighted by Crippen LogP contribution is -2.41. The number of nitrogens with zero attached hydrogens (tertiary/aromatic N) is 1. The van der Waals surface area contributed by atoms with E-state index in [0.29, 0.717) is 12.2 Å². The van der Waals surface area contributed by atoms with Crippen LogP contribution in [-0.4, -0.2) is 21.8 Å². The van der Waals surface area contributed by atoms with Crippen LogP contribution in [0.25, 0.3) is 11.3 Å². The maximum atomic E-state index is 11.5. The first-order chi connectivity index (χ1) is 14.0. The molecule has 0 saturated heterocycles. The molecule has 1 N–H and O–H groups in total. The number of aryl methyl sites for hydroxylation is 2. The van der Waals surface area contributed by atoms with Gasteiger partial charge in [0.25, 0.3) is 0 Å². The summed E-state index contributed by atoms with van der Waals surface area (Å²) in [6.07, 6.45) is 3.85. The van der Waals surface area contributed by atoms with Crippen molar-refractivity contribution >= 4 is 5.97 Å². The first-order valence-electron chi connectivity index (χ1n) is 10.0. The molecule has 3 aromatic rings. The lowest BCUT2D eigenvalue weighted by Gasteiger charge is -2.26. The fraction of sp³-hybridized carbons (Fsp3) is 0.333. The number of hydrogen-bond donors (Lipinski definition) is 1. The molecule has 0 aliphatic rings. The van der Waals surface area contributed by atoms with Crippen LogP contribution < -0.4 is 4.74 Å². The highest BCUT2D eigenvalue weighted by molar-refractivity contribution is 5.77. The summed E-state index contributed by atoms with van der Waals surface area (Å²) in [6, 6.07) is 19.6. The summed E-state index contributed by atoms with van der Waals surface area (Å²) in [5.41, 5.74) is 1.89. The Balaban J connectivity index is 1.52. The van der Waals surface area contributed by atoms with Crippen LogP contribution in [0, 0.1) is 0 Å². The van der Waals surface area contributed by atoms with Gasteiger partial charge in [-0.25, -0.2) is 4.79 Å². The SMILES string of the molecule is CCCC(C)(Oc1ccc(CCCc2cc(-c3ccccc3)no2)cc1)C(=O)O. The molecule has 0 aliphatic heterocycles. The maximum absolute atomic E-state index is 11.5. The summed E-state index contributed by atoms with van der Waals surface area (Å²) >= 11 is 0. The quantitative estimate of drug-likeness (QED) is 0.490. The molecule has 5 nitrogen and oxygen atoms in total. The summed E-state index contributed by atoms with van der Waals surface area (Å²) in [7, 11) is 0. The smallest absolute Gasteiger partial charge is 0.347 e. The molecule has 0 aliphatic carbocycles. The number of aromatic nitrogens is 1. The van der Waals surface area contributed by atoms with E-state index >= 15 is 0 Å².